The van der Waals surface area contributed by atoms with E-state index in [0.29, 0.717) is 30.1 Å². The van der Waals surface area contributed by atoms with Crippen LogP contribution in [-0.4, -0.2) is 41.2 Å². The fourth-order valence-corrected chi connectivity index (χ4v) is 2.73. The number of nitrogens with one attached hydrogen (secondary N) is 1. The minimum absolute atomic E-state index is 0.113. The SMILES string of the molecule is NC(=O)[C@@H]1CCCN1C(=O)c1ccc(C(=O)NC2CC2)cc1. The highest BCUT2D eigenvalue weighted by molar-refractivity contribution is 5.99. The van der Waals surface area contributed by atoms with Gasteiger partial charge in [-0.15, -0.1) is 0 Å². The average Bonchev–Trinajstić information content (AvgIpc) is 3.18. The van der Waals surface area contributed by atoms with Crippen molar-refractivity contribution in [3.8, 4) is 0 Å². The first kappa shape index (κ1) is 14.6. The molecular formula is C16H19N3O3. The van der Waals surface area contributed by atoms with Gasteiger partial charge in [0.25, 0.3) is 11.8 Å². The van der Waals surface area contributed by atoms with E-state index in [2.05, 4.69) is 5.32 Å². The number of carbonyl (C=O) groups excluding carboxylic acids is 3. The van der Waals surface area contributed by atoms with Gasteiger partial charge in [0.15, 0.2) is 0 Å². The molecule has 1 saturated carbocycles. The Balaban J connectivity index is 1.70. The van der Waals surface area contributed by atoms with Crippen molar-refractivity contribution >= 4 is 17.7 Å². The zero-order valence-electron chi connectivity index (χ0n) is 12.2. The Labute approximate surface area is 128 Å². The molecule has 6 heteroatoms. The molecule has 0 spiro atoms. The topological polar surface area (TPSA) is 92.5 Å². The number of hydrogen-bond donors (Lipinski definition) is 2. The molecule has 3 amide bonds. The van der Waals surface area contributed by atoms with Gasteiger partial charge < -0.3 is 16.0 Å². The Morgan fingerprint density at radius 2 is 1.68 bits per heavy atom. The van der Waals surface area contributed by atoms with E-state index in [1.807, 2.05) is 0 Å². The number of rotatable bonds is 4. The molecular weight excluding hydrogens is 282 g/mol. The Kier molecular flexibility index (Phi) is 3.83. The van der Waals surface area contributed by atoms with Gasteiger partial charge in [-0.1, -0.05) is 0 Å². The summed E-state index contributed by atoms with van der Waals surface area (Å²) in [4.78, 5) is 37.2. The van der Waals surface area contributed by atoms with Gasteiger partial charge in [0.05, 0.1) is 0 Å². The van der Waals surface area contributed by atoms with Crippen molar-refractivity contribution in [1.29, 1.82) is 0 Å². The molecule has 1 aliphatic carbocycles. The van der Waals surface area contributed by atoms with Crippen molar-refractivity contribution in [2.45, 2.75) is 37.8 Å². The molecule has 0 radical (unpaired) electrons. The zero-order chi connectivity index (χ0) is 15.7. The summed E-state index contributed by atoms with van der Waals surface area (Å²) in [6.07, 6.45) is 3.46. The molecule has 1 atom stereocenters. The molecule has 1 heterocycles. The van der Waals surface area contributed by atoms with E-state index >= 15 is 0 Å². The van der Waals surface area contributed by atoms with Gasteiger partial charge in [-0.25, -0.2) is 0 Å². The predicted octanol–water partition coefficient (Wildman–Crippen LogP) is 0.669. The standard InChI is InChI=1S/C16H19N3O3/c17-14(20)13-2-1-9-19(13)16(22)11-5-3-10(4-6-11)15(21)18-12-7-8-12/h3-6,12-13H,1-2,7-9H2,(H2,17,20)(H,18,21)/t13-/m0/s1. The number of likely N-dealkylation sites (tertiary alicyclic amines) is 1. The number of nitrogens with two attached hydrogens (primary N) is 1. The van der Waals surface area contributed by atoms with Crippen molar-refractivity contribution in [2.75, 3.05) is 6.54 Å². The third kappa shape index (κ3) is 2.95. The smallest absolute Gasteiger partial charge is 0.254 e. The highest BCUT2D eigenvalue weighted by Gasteiger charge is 2.33. The van der Waals surface area contributed by atoms with Crippen LogP contribution < -0.4 is 11.1 Å². The van der Waals surface area contributed by atoms with Crippen LogP contribution >= 0.6 is 0 Å². The molecule has 116 valence electrons. The second-order valence-electron chi connectivity index (χ2n) is 5.88. The summed E-state index contributed by atoms with van der Waals surface area (Å²) in [5.41, 5.74) is 6.34. The normalized spacial score (nSPS) is 20.7. The lowest BCUT2D eigenvalue weighted by Crippen LogP contribution is -2.43. The van der Waals surface area contributed by atoms with E-state index in [0.717, 1.165) is 19.3 Å². The van der Waals surface area contributed by atoms with E-state index < -0.39 is 11.9 Å². The van der Waals surface area contributed by atoms with Crippen molar-refractivity contribution in [1.82, 2.24) is 10.2 Å². The molecule has 1 aromatic rings. The van der Waals surface area contributed by atoms with Crippen LogP contribution in [0, 0.1) is 0 Å². The largest absolute Gasteiger partial charge is 0.368 e. The maximum absolute atomic E-state index is 12.4. The van der Waals surface area contributed by atoms with E-state index in [9.17, 15) is 14.4 Å². The van der Waals surface area contributed by atoms with Gasteiger partial charge >= 0.3 is 0 Å². The van der Waals surface area contributed by atoms with E-state index in [1.54, 1.807) is 24.3 Å². The minimum atomic E-state index is -0.523. The maximum Gasteiger partial charge on any atom is 0.254 e. The van der Waals surface area contributed by atoms with Gasteiger partial charge in [0.1, 0.15) is 6.04 Å². The van der Waals surface area contributed by atoms with Crippen LogP contribution in [0.4, 0.5) is 0 Å². The molecule has 3 rings (SSSR count). The van der Waals surface area contributed by atoms with E-state index in [4.69, 9.17) is 5.73 Å². The molecule has 3 N–H and O–H groups in total. The Morgan fingerprint density at radius 3 is 2.27 bits per heavy atom. The molecule has 1 aromatic carbocycles. The molecule has 22 heavy (non-hydrogen) atoms. The molecule has 2 aliphatic rings. The lowest BCUT2D eigenvalue weighted by atomic mass is 10.1. The van der Waals surface area contributed by atoms with Gasteiger partial charge in [0.2, 0.25) is 5.91 Å². The zero-order valence-corrected chi connectivity index (χ0v) is 12.2. The summed E-state index contributed by atoms with van der Waals surface area (Å²) in [7, 11) is 0. The first-order chi connectivity index (χ1) is 10.6. The van der Waals surface area contributed by atoms with Gasteiger partial charge in [0, 0.05) is 23.7 Å². The maximum atomic E-state index is 12.4. The molecule has 1 saturated heterocycles. The van der Waals surface area contributed by atoms with Gasteiger partial charge in [-0.3, -0.25) is 14.4 Å². The second kappa shape index (κ2) is 5.79. The van der Waals surface area contributed by atoms with E-state index in [-0.39, 0.29) is 11.8 Å². The van der Waals surface area contributed by atoms with Crippen molar-refractivity contribution in [3.63, 3.8) is 0 Å². The van der Waals surface area contributed by atoms with Gasteiger partial charge in [-0.05, 0) is 49.9 Å². The number of primary amides is 1. The highest BCUT2D eigenvalue weighted by atomic mass is 16.2. The highest BCUT2D eigenvalue weighted by Crippen LogP contribution is 2.21. The van der Waals surface area contributed by atoms with Crippen molar-refractivity contribution in [3.05, 3.63) is 35.4 Å². The van der Waals surface area contributed by atoms with Crippen molar-refractivity contribution in [2.24, 2.45) is 5.73 Å². The van der Waals surface area contributed by atoms with Crippen LogP contribution in [0.2, 0.25) is 0 Å². The fourth-order valence-electron chi connectivity index (χ4n) is 2.73. The first-order valence-corrected chi connectivity index (χ1v) is 7.57. The van der Waals surface area contributed by atoms with Crippen LogP contribution in [0.3, 0.4) is 0 Å². The monoisotopic (exact) mass is 301 g/mol. The molecule has 1 aliphatic heterocycles. The van der Waals surface area contributed by atoms with Crippen LogP contribution in [0.15, 0.2) is 24.3 Å². The first-order valence-electron chi connectivity index (χ1n) is 7.57. The third-order valence-electron chi connectivity index (χ3n) is 4.15. The number of nitrogens with zero attached hydrogens (tertiary/aromatic N) is 1. The van der Waals surface area contributed by atoms with Crippen LogP contribution in [0.25, 0.3) is 0 Å². The fraction of sp³-hybridized carbons (Fsp3) is 0.438. The van der Waals surface area contributed by atoms with Crippen LogP contribution in [0.5, 0.6) is 0 Å². The van der Waals surface area contributed by atoms with Crippen molar-refractivity contribution < 1.29 is 14.4 Å². The van der Waals surface area contributed by atoms with Crippen LogP contribution in [0.1, 0.15) is 46.4 Å². The molecule has 2 fully saturated rings. The summed E-state index contributed by atoms with van der Waals surface area (Å²) in [5.74, 6) is -0.792. The lowest BCUT2D eigenvalue weighted by molar-refractivity contribution is -0.121. The molecule has 6 nitrogen and oxygen atoms in total. The second-order valence-corrected chi connectivity index (χ2v) is 5.88. The van der Waals surface area contributed by atoms with Gasteiger partial charge in [-0.2, -0.15) is 0 Å². The molecule has 0 bridgehead atoms. The number of amides is 3. The Hall–Kier alpha value is -2.37. The Bertz CT molecular complexity index is 608. The summed E-state index contributed by atoms with van der Waals surface area (Å²) >= 11 is 0. The summed E-state index contributed by atoms with van der Waals surface area (Å²) in [6, 6.07) is 6.31. The summed E-state index contributed by atoms with van der Waals surface area (Å²) in [6.45, 7) is 0.538. The van der Waals surface area contributed by atoms with Crippen LogP contribution in [-0.2, 0) is 4.79 Å². The minimum Gasteiger partial charge on any atom is -0.368 e. The number of carbonyl (C=O) groups is 3. The third-order valence-corrected chi connectivity index (χ3v) is 4.15. The van der Waals surface area contributed by atoms with E-state index in [1.165, 1.54) is 4.90 Å². The Morgan fingerprint density at radius 1 is 1.05 bits per heavy atom. The molecule has 0 unspecified atom stereocenters. The predicted molar refractivity (Wildman–Crippen MR) is 80.2 cm³/mol. The number of benzene rings is 1. The summed E-state index contributed by atoms with van der Waals surface area (Å²) in [5, 5.41) is 2.90. The summed E-state index contributed by atoms with van der Waals surface area (Å²) < 4.78 is 0. The average molecular weight is 301 g/mol. The number of hydrogen-bond acceptors (Lipinski definition) is 3. The lowest BCUT2D eigenvalue weighted by Gasteiger charge is -2.22. The molecule has 0 aromatic heterocycles. The quantitative estimate of drug-likeness (QED) is 0.856.